The molecule has 3 aromatic rings. The first-order chi connectivity index (χ1) is 12.3. The van der Waals surface area contributed by atoms with Gasteiger partial charge >= 0.3 is 0 Å². The van der Waals surface area contributed by atoms with Crippen LogP contribution in [0.4, 0.5) is 0 Å². The SMILES string of the molecule is COc1ccc(C(=O)N2CCn3c(nnc3-c3ccncc3)C2)cc1. The minimum Gasteiger partial charge on any atom is -0.497 e. The summed E-state index contributed by atoms with van der Waals surface area (Å²) < 4.78 is 7.20. The van der Waals surface area contributed by atoms with Crippen LogP contribution in [0.25, 0.3) is 11.4 Å². The summed E-state index contributed by atoms with van der Waals surface area (Å²) in [5.74, 6) is 2.33. The van der Waals surface area contributed by atoms with Crippen LogP contribution in [0.2, 0.25) is 0 Å². The Morgan fingerprint density at radius 2 is 1.80 bits per heavy atom. The van der Waals surface area contributed by atoms with E-state index < -0.39 is 0 Å². The molecule has 2 aromatic heterocycles. The Labute approximate surface area is 144 Å². The minimum atomic E-state index is -0.0117. The predicted octanol–water partition coefficient (Wildman–Crippen LogP) is 2.00. The molecule has 0 spiro atoms. The summed E-state index contributed by atoms with van der Waals surface area (Å²) in [4.78, 5) is 18.5. The van der Waals surface area contributed by atoms with Crippen molar-refractivity contribution in [1.82, 2.24) is 24.6 Å². The molecule has 4 rings (SSSR count). The molecule has 1 aliphatic heterocycles. The first-order valence-electron chi connectivity index (χ1n) is 8.02. The van der Waals surface area contributed by atoms with Crippen LogP contribution in [0, 0.1) is 0 Å². The van der Waals surface area contributed by atoms with Gasteiger partial charge in [-0.25, -0.2) is 0 Å². The second-order valence-electron chi connectivity index (χ2n) is 5.78. The van der Waals surface area contributed by atoms with E-state index in [-0.39, 0.29) is 5.91 Å². The highest BCUT2D eigenvalue weighted by molar-refractivity contribution is 5.94. The summed E-state index contributed by atoms with van der Waals surface area (Å²) in [5, 5.41) is 8.55. The molecule has 1 aliphatic rings. The molecule has 1 amide bonds. The number of rotatable bonds is 3. The zero-order valence-corrected chi connectivity index (χ0v) is 13.8. The first-order valence-corrected chi connectivity index (χ1v) is 8.02. The highest BCUT2D eigenvalue weighted by atomic mass is 16.5. The fraction of sp³-hybridized carbons (Fsp3) is 0.222. The van der Waals surface area contributed by atoms with E-state index in [2.05, 4.69) is 19.7 Å². The number of carbonyl (C=O) groups excluding carboxylic acids is 1. The lowest BCUT2D eigenvalue weighted by atomic mass is 10.1. The molecule has 0 aliphatic carbocycles. The van der Waals surface area contributed by atoms with Crippen molar-refractivity contribution in [1.29, 1.82) is 0 Å². The highest BCUT2D eigenvalue weighted by Gasteiger charge is 2.25. The Morgan fingerprint density at radius 3 is 2.52 bits per heavy atom. The molecule has 0 fully saturated rings. The van der Waals surface area contributed by atoms with E-state index in [1.54, 1.807) is 48.7 Å². The zero-order valence-electron chi connectivity index (χ0n) is 13.8. The molecule has 3 heterocycles. The van der Waals surface area contributed by atoms with Gasteiger partial charge < -0.3 is 14.2 Å². The molecule has 25 heavy (non-hydrogen) atoms. The number of ether oxygens (including phenoxy) is 1. The number of aromatic nitrogens is 4. The van der Waals surface area contributed by atoms with E-state index in [0.29, 0.717) is 25.2 Å². The lowest BCUT2D eigenvalue weighted by molar-refractivity contribution is 0.0708. The van der Waals surface area contributed by atoms with Crippen LogP contribution in [-0.4, -0.2) is 44.2 Å². The van der Waals surface area contributed by atoms with Crippen molar-refractivity contribution in [3.05, 3.63) is 60.2 Å². The smallest absolute Gasteiger partial charge is 0.254 e. The number of hydrogen-bond acceptors (Lipinski definition) is 5. The van der Waals surface area contributed by atoms with Crippen molar-refractivity contribution in [2.75, 3.05) is 13.7 Å². The van der Waals surface area contributed by atoms with Crippen LogP contribution in [0.5, 0.6) is 5.75 Å². The Kier molecular flexibility index (Phi) is 3.89. The first kappa shape index (κ1) is 15.3. The zero-order chi connectivity index (χ0) is 17.2. The molecular weight excluding hydrogens is 318 g/mol. The van der Waals surface area contributed by atoms with Gasteiger partial charge in [0.05, 0.1) is 13.7 Å². The maximum atomic E-state index is 12.7. The summed E-state index contributed by atoms with van der Waals surface area (Å²) in [7, 11) is 1.61. The molecule has 126 valence electrons. The quantitative estimate of drug-likeness (QED) is 0.732. The monoisotopic (exact) mass is 335 g/mol. The minimum absolute atomic E-state index is 0.0117. The van der Waals surface area contributed by atoms with Crippen molar-refractivity contribution in [3.8, 4) is 17.1 Å². The normalized spacial score (nSPS) is 13.4. The van der Waals surface area contributed by atoms with Gasteiger partial charge in [-0.05, 0) is 36.4 Å². The van der Waals surface area contributed by atoms with Gasteiger partial charge in [-0.1, -0.05) is 0 Å². The lowest BCUT2D eigenvalue weighted by Gasteiger charge is -2.28. The van der Waals surface area contributed by atoms with Crippen molar-refractivity contribution in [2.45, 2.75) is 13.1 Å². The van der Waals surface area contributed by atoms with E-state index in [1.807, 2.05) is 12.1 Å². The van der Waals surface area contributed by atoms with E-state index in [4.69, 9.17) is 4.74 Å². The molecule has 0 saturated heterocycles. The molecule has 0 atom stereocenters. The molecule has 0 bridgehead atoms. The second-order valence-corrected chi connectivity index (χ2v) is 5.78. The van der Waals surface area contributed by atoms with Crippen LogP contribution in [-0.2, 0) is 13.1 Å². The Bertz CT molecular complexity index is 890. The van der Waals surface area contributed by atoms with Crippen molar-refractivity contribution in [2.24, 2.45) is 0 Å². The molecule has 0 N–H and O–H groups in total. The van der Waals surface area contributed by atoms with Gasteiger partial charge in [0.2, 0.25) is 0 Å². The Hall–Kier alpha value is -3.22. The van der Waals surface area contributed by atoms with Crippen molar-refractivity contribution >= 4 is 5.91 Å². The third-order valence-corrected chi connectivity index (χ3v) is 4.32. The fourth-order valence-electron chi connectivity index (χ4n) is 2.96. The van der Waals surface area contributed by atoms with Crippen molar-refractivity contribution < 1.29 is 9.53 Å². The average Bonchev–Trinajstić information content (AvgIpc) is 3.11. The van der Waals surface area contributed by atoms with Gasteiger partial charge in [-0.3, -0.25) is 9.78 Å². The van der Waals surface area contributed by atoms with Crippen LogP contribution >= 0.6 is 0 Å². The van der Waals surface area contributed by atoms with Gasteiger partial charge in [0.25, 0.3) is 5.91 Å². The van der Waals surface area contributed by atoms with Gasteiger partial charge in [-0.15, -0.1) is 10.2 Å². The summed E-state index contributed by atoms with van der Waals surface area (Å²) in [6.07, 6.45) is 3.47. The number of amides is 1. The number of methoxy groups -OCH3 is 1. The van der Waals surface area contributed by atoms with E-state index in [1.165, 1.54) is 0 Å². The second kappa shape index (κ2) is 6.35. The number of carbonyl (C=O) groups is 1. The van der Waals surface area contributed by atoms with Gasteiger partial charge in [0.15, 0.2) is 11.6 Å². The summed E-state index contributed by atoms with van der Waals surface area (Å²) in [6.45, 7) is 1.73. The van der Waals surface area contributed by atoms with Crippen LogP contribution in [0.15, 0.2) is 48.8 Å². The van der Waals surface area contributed by atoms with E-state index >= 15 is 0 Å². The topological polar surface area (TPSA) is 73.1 Å². The molecule has 7 nitrogen and oxygen atoms in total. The number of pyridine rings is 1. The number of nitrogens with zero attached hydrogens (tertiary/aromatic N) is 5. The molecule has 1 aromatic carbocycles. The molecule has 0 radical (unpaired) electrons. The van der Waals surface area contributed by atoms with Crippen molar-refractivity contribution in [3.63, 3.8) is 0 Å². The summed E-state index contributed by atoms with van der Waals surface area (Å²) in [6, 6.07) is 11.0. The summed E-state index contributed by atoms with van der Waals surface area (Å²) in [5.41, 5.74) is 1.62. The maximum absolute atomic E-state index is 12.7. The fourth-order valence-corrected chi connectivity index (χ4v) is 2.96. The standard InChI is InChI=1S/C18H17N5O2/c1-25-15-4-2-14(3-5-15)18(24)22-10-11-23-16(12-22)20-21-17(23)13-6-8-19-9-7-13/h2-9H,10-12H2,1H3. The third-order valence-electron chi connectivity index (χ3n) is 4.32. The van der Waals surface area contributed by atoms with Crippen LogP contribution < -0.4 is 4.74 Å². The number of fused-ring (bicyclic) bond motifs is 1. The molecule has 0 unspecified atom stereocenters. The van der Waals surface area contributed by atoms with E-state index in [9.17, 15) is 4.79 Å². The summed E-state index contributed by atoms with van der Waals surface area (Å²) >= 11 is 0. The average molecular weight is 335 g/mol. The lowest BCUT2D eigenvalue weighted by Crippen LogP contribution is -2.38. The Balaban J connectivity index is 1.55. The Morgan fingerprint density at radius 1 is 1.04 bits per heavy atom. The largest absolute Gasteiger partial charge is 0.497 e. The van der Waals surface area contributed by atoms with Crippen LogP contribution in [0.3, 0.4) is 0 Å². The number of hydrogen-bond donors (Lipinski definition) is 0. The number of benzene rings is 1. The molecule has 0 saturated carbocycles. The van der Waals surface area contributed by atoms with Crippen LogP contribution in [0.1, 0.15) is 16.2 Å². The van der Waals surface area contributed by atoms with E-state index in [0.717, 1.165) is 23.0 Å². The van der Waals surface area contributed by atoms with Gasteiger partial charge in [0.1, 0.15) is 5.75 Å². The van der Waals surface area contributed by atoms with Gasteiger partial charge in [0, 0.05) is 36.6 Å². The molecule has 7 heteroatoms. The maximum Gasteiger partial charge on any atom is 0.254 e. The van der Waals surface area contributed by atoms with Gasteiger partial charge in [-0.2, -0.15) is 0 Å². The predicted molar refractivity (Wildman–Crippen MR) is 91.0 cm³/mol. The molecular formula is C18H17N5O2. The third kappa shape index (κ3) is 2.84. The highest BCUT2D eigenvalue weighted by Crippen LogP contribution is 2.22.